The number of pyridine rings is 1. The van der Waals surface area contributed by atoms with Crippen LogP contribution in [0.2, 0.25) is 5.02 Å². The van der Waals surface area contributed by atoms with Crippen LogP contribution in [0.4, 0.5) is 5.82 Å². The Labute approximate surface area is 192 Å². The number of nitrogens with zero attached hydrogens (tertiary/aromatic N) is 2. The average Bonchev–Trinajstić information content (AvgIpc) is 3.22. The predicted octanol–water partition coefficient (Wildman–Crippen LogP) is 6.85. The quantitative estimate of drug-likeness (QED) is 0.301. The van der Waals surface area contributed by atoms with Gasteiger partial charge in [0.15, 0.2) is 11.4 Å². The molecule has 0 amide bonds. The van der Waals surface area contributed by atoms with Crippen molar-refractivity contribution in [2.75, 3.05) is 5.32 Å². The molecule has 0 atom stereocenters. The molecule has 0 aliphatic heterocycles. The molecule has 0 spiro atoms. The van der Waals surface area contributed by atoms with E-state index in [-0.39, 0.29) is 0 Å². The number of benzene rings is 3. The van der Waals surface area contributed by atoms with Gasteiger partial charge in [-0.2, -0.15) is 0 Å². The van der Waals surface area contributed by atoms with Gasteiger partial charge < -0.3 is 10.1 Å². The lowest BCUT2D eigenvalue weighted by Gasteiger charge is -2.11. The molecule has 1 N–H and O–H groups in total. The largest absolute Gasteiger partial charge is 0.485 e. The van der Waals surface area contributed by atoms with Crippen molar-refractivity contribution in [3.8, 4) is 17.0 Å². The van der Waals surface area contributed by atoms with Crippen LogP contribution in [-0.2, 0) is 13.2 Å². The molecule has 2 aromatic heterocycles. The number of imidazole rings is 1. The molecule has 0 aliphatic carbocycles. The van der Waals surface area contributed by atoms with E-state index in [4.69, 9.17) is 21.3 Å². The van der Waals surface area contributed by atoms with Crippen LogP contribution in [0, 0.1) is 0 Å². The summed E-state index contributed by atoms with van der Waals surface area (Å²) < 4.78 is 8.19. The molecule has 0 aliphatic rings. The van der Waals surface area contributed by atoms with Crippen LogP contribution >= 0.6 is 11.6 Å². The summed E-state index contributed by atoms with van der Waals surface area (Å²) in [6.45, 7) is 1.14. The summed E-state index contributed by atoms with van der Waals surface area (Å²) in [6, 6.07) is 32.1. The van der Waals surface area contributed by atoms with Crippen molar-refractivity contribution < 1.29 is 4.74 Å². The monoisotopic (exact) mass is 439 g/mol. The number of hydrogen-bond donors (Lipinski definition) is 1. The van der Waals surface area contributed by atoms with Crippen LogP contribution in [0.3, 0.4) is 0 Å². The zero-order valence-electron chi connectivity index (χ0n) is 17.4. The van der Waals surface area contributed by atoms with Gasteiger partial charge in [-0.05, 0) is 29.3 Å². The Hall–Kier alpha value is -3.76. The Morgan fingerprint density at radius 3 is 2.22 bits per heavy atom. The lowest BCUT2D eigenvalue weighted by atomic mass is 10.1. The number of anilines is 1. The Balaban J connectivity index is 1.56. The van der Waals surface area contributed by atoms with Crippen molar-refractivity contribution in [2.24, 2.45) is 0 Å². The summed E-state index contributed by atoms with van der Waals surface area (Å²) >= 11 is 6.55. The molecule has 0 saturated carbocycles. The molecule has 0 unspecified atom stereocenters. The van der Waals surface area contributed by atoms with E-state index in [1.54, 1.807) is 0 Å². The molecule has 4 nitrogen and oxygen atoms in total. The number of ether oxygens (including phenoxy) is 1. The van der Waals surface area contributed by atoms with Crippen LogP contribution in [0.25, 0.3) is 16.9 Å². The van der Waals surface area contributed by atoms with Gasteiger partial charge in [0, 0.05) is 18.3 Å². The summed E-state index contributed by atoms with van der Waals surface area (Å²) in [5, 5.41) is 4.22. The van der Waals surface area contributed by atoms with Crippen LogP contribution < -0.4 is 10.1 Å². The van der Waals surface area contributed by atoms with E-state index in [9.17, 15) is 0 Å². The van der Waals surface area contributed by atoms with Crippen molar-refractivity contribution in [3.05, 3.63) is 119 Å². The first kappa shape index (κ1) is 20.2. The molecule has 158 valence electrons. The summed E-state index contributed by atoms with van der Waals surface area (Å²) in [5.74, 6) is 1.60. The van der Waals surface area contributed by atoms with Gasteiger partial charge in [0.1, 0.15) is 18.1 Å². The molecule has 0 bridgehead atoms. The molecule has 2 heterocycles. The molecule has 0 saturated heterocycles. The zero-order valence-corrected chi connectivity index (χ0v) is 18.2. The predicted molar refractivity (Wildman–Crippen MR) is 130 cm³/mol. The third-order valence-electron chi connectivity index (χ3n) is 5.28. The Kier molecular flexibility index (Phi) is 5.77. The van der Waals surface area contributed by atoms with E-state index in [0.29, 0.717) is 18.2 Å². The van der Waals surface area contributed by atoms with E-state index in [2.05, 4.69) is 17.4 Å². The number of fused-ring (bicyclic) bond motifs is 1. The average molecular weight is 440 g/mol. The fourth-order valence-corrected chi connectivity index (χ4v) is 3.91. The molecular formula is C27H22ClN3O. The summed E-state index contributed by atoms with van der Waals surface area (Å²) in [7, 11) is 0. The van der Waals surface area contributed by atoms with E-state index in [1.807, 2.05) is 95.5 Å². The molecule has 5 aromatic rings. The van der Waals surface area contributed by atoms with Gasteiger partial charge in [-0.15, -0.1) is 0 Å². The van der Waals surface area contributed by atoms with Crippen molar-refractivity contribution in [1.82, 2.24) is 9.38 Å². The lowest BCUT2D eigenvalue weighted by molar-refractivity contribution is 0.308. The first-order valence-corrected chi connectivity index (χ1v) is 10.9. The highest BCUT2D eigenvalue weighted by Crippen LogP contribution is 2.36. The molecule has 3 aromatic carbocycles. The van der Waals surface area contributed by atoms with E-state index in [1.165, 1.54) is 5.56 Å². The Bertz CT molecular complexity index is 1330. The maximum Gasteiger partial charge on any atom is 0.181 e. The van der Waals surface area contributed by atoms with Crippen LogP contribution in [0.5, 0.6) is 5.75 Å². The summed E-state index contributed by atoms with van der Waals surface area (Å²) in [5.41, 5.74) is 4.71. The number of hydrogen-bond acceptors (Lipinski definition) is 3. The standard InChI is InChI=1S/C27H22ClN3O/c28-23-15-8-7-14-22(23)25-27(29-18-20-10-3-1-4-11-20)31-17-9-16-24(26(31)30-25)32-19-21-12-5-2-6-13-21/h1-17,29H,18-19H2. The van der Waals surface area contributed by atoms with Gasteiger partial charge in [0.05, 0.1) is 5.02 Å². The molecule has 0 radical (unpaired) electrons. The zero-order chi connectivity index (χ0) is 21.8. The first-order chi connectivity index (χ1) is 15.8. The van der Waals surface area contributed by atoms with Gasteiger partial charge >= 0.3 is 0 Å². The van der Waals surface area contributed by atoms with Crippen molar-refractivity contribution in [1.29, 1.82) is 0 Å². The number of halogens is 1. The molecule has 5 rings (SSSR count). The Morgan fingerprint density at radius 1 is 0.781 bits per heavy atom. The second-order valence-electron chi connectivity index (χ2n) is 7.47. The minimum atomic E-state index is 0.474. The third kappa shape index (κ3) is 4.18. The van der Waals surface area contributed by atoms with Gasteiger partial charge in [-0.1, -0.05) is 90.5 Å². The third-order valence-corrected chi connectivity index (χ3v) is 5.61. The number of rotatable bonds is 7. The summed E-state index contributed by atoms with van der Waals surface area (Å²) in [4.78, 5) is 4.96. The minimum Gasteiger partial charge on any atom is -0.485 e. The highest BCUT2D eigenvalue weighted by Gasteiger charge is 2.18. The maximum absolute atomic E-state index is 6.55. The van der Waals surface area contributed by atoms with Crippen LogP contribution in [-0.4, -0.2) is 9.38 Å². The second-order valence-corrected chi connectivity index (χ2v) is 7.88. The molecule has 0 fully saturated rings. The van der Waals surface area contributed by atoms with Gasteiger partial charge in [0.2, 0.25) is 0 Å². The van der Waals surface area contributed by atoms with Gasteiger partial charge in [0.25, 0.3) is 0 Å². The van der Waals surface area contributed by atoms with Gasteiger partial charge in [-0.3, -0.25) is 4.40 Å². The van der Waals surface area contributed by atoms with Crippen molar-refractivity contribution in [3.63, 3.8) is 0 Å². The van der Waals surface area contributed by atoms with Crippen molar-refractivity contribution in [2.45, 2.75) is 13.2 Å². The minimum absolute atomic E-state index is 0.474. The smallest absolute Gasteiger partial charge is 0.181 e. The van der Waals surface area contributed by atoms with E-state index < -0.39 is 0 Å². The van der Waals surface area contributed by atoms with Crippen LogP contribution in [0.15, 0.2) is 103 Å². The van der Waals surface area contributed by atoms with Crippen molar-refractivity contribution >= 4 is 23.1 Å². The number of aromatic nitrogens is 2. The number of nitrogens with one attached hydrogen (secondary N) is 1. The fraction of sp³-hybridized carbons (Fsp3) is 0.0741. The molecule has 5 heteroatoms. The van der Waals surface area contributed by atoms with Gasteiger partial charge in [-0.25, -0.2) is 4.98 Å². The highest BCUT2D eigenvalue weighted by atomic mass is 35.5. The molecule has 32 heavy (non-hydrogen) atoms. The first-order valence-electron chi connectivity index (χ1n) is 10.5. The van der Waals surface area contributed by atoms with E-state index in [0.717, 1.165) is 34.0 Å². The lowest BCUT2D eigenvalue weighted by Crippen LogP contribution is -2.04. The normalized spacial score (nSPS) is 10.9. The summed E-state index contributed by atoms with van der Waals surface area (Å²) in [6.07, 6.45) is 1.99. The highest BCUT2D eigenvalue weighted by molar-refractivity contribution is 6.33. The SMILES string of the molecule is Clc1ccccc1-c1nc2c(OCc3ccccc3)cccn2c1NCc1ccccc1. The fourth-order valence-electron chi connectivity index (χ4n) is 3.68. The van der Waals surface area contributed by atoms with Crippen LogP contribution in [0.1, 0.15) is 11.1 Å². The topological polar surface area (TPSA) is 38.6 Å². The molecular weight excluding hydrogens is 418 g/mol. The van der Waals surface area contributed by atoms with E-state index >= 15 is 0 Å². The maximum atomic E-state index is 6.55. The second kappa shape index (κ2) is 9.16. The Morgan fingerprint density at radius 2 is 1.47 bits per heavy atom.